The molecule has 0 saturated carbocycles. The number of hydrogen-bond acceptors (Lipinski definition) is 5. The number of aryl methyl sites for hydroxylation is 1. The lowest BCUT2D eigenvalue weighted by Crippen LogP contribution is -2.04. The summed E-state index contributed by atoms with van der Waals surface area (Å²) in [5, 5.41) is 0.403. The number of ether oxygens (including phenoxy) is 1. The van der Waals surface area contributed by atoms with Gasteiger partial charge in [-0.05, 0) is 43.5 Å². The molecule has 0 fully saturated rings. The number of aromatic nitrogens is 4. The van der Waals surface area contributed by atoms with Crippen molar-refractivity contribution in [3.8, 4) is 5.88 Å². The van der Waals surface area contributed by atoms with Crippen LogP contribution in [0.1, 0.15) is 22.4 Å². The number of pyridine rings is 2. The molecule has 23 heavy (non-hydrogen) atoms. The molecule has 1 unspecified atom stereocenters. The van der Waals surface area contributed by atoms with E-state index in [9.17, 15) is 4.21 Å². The molecule has 0 amide bonds. The van der Waals surface area contributed by atoms with Gasteiger partial charge in [0.2, 0.25) is 5.88 Å². The molecule has 3 aromatic rings. The second kappa shape index (κ2) is 6.08. The third-order valence-electron chi connectivity index (χ3n) is 3.99. The molecule has 1 N–H and O–H groups in total. The molecule has 0 aliphatic carbocycles. The van der Waals surface area contributed by atoms with Gasteiger partial charge in [0.1, 0.15) is 0 Å². The average molecular weight is 330 g/mol. The normalized spacial score (nSPS) is 12.5. The number of nitrogens with one attached hydrogen (secondary N) is 1. The monoisotopic (exact) mass is 330 g/mol. The highest BCUT2D eigenvalue weighted by Crippen LogP contribution is 2.20. The zero-order valence-electron chi connectivity index (χ0n) is 13.5. The van der Waals surface area contributed by atoms with Crippen molar-refractivity contribution < 1.29 is 8.95 Å². The van der Waals surface area contributed by atoms with E-state index in [1.54, 1.807) is 13.2 Å². The molecule has 0 aromatic carbocycles. The Morgan fingerprint density at radius 1 is 1.17 bits per heavy atom. The lowest BCUT2D eigenvalue weighted by atomic mass is 10.1. The summed E-state index contributed by atoms with van der Waals surface area (Å²) in [6, 6.07) is 3.55. The van der Waals surface area contributed by atoms with Crippen LogP contribution < -0.4 is 4.74 Å². The Morgan fingerprint density at radius 2 is 1.96 bits per heavy atom. The van der Waals surface area contributed by atoms with Gasteiger partial charge in [-0.15, -0.1) is 0 Å². The number of rotatable bonds is 4. The van der Waals surface area contributed by atoms with Crippen LogP contribution in [0.5, 0.6) is 5.88 Å². The van der Waals surface area contributed by atoms with Crippen LogP contribution >= 0.6 is 0 Å². The molecule has 0 aliphatic heterocycles. The maximum Gasteiger partial charge on any atom is 0.215 e. The summed E-state index contributed by atoms with van der Waals surface area (Å²) in [4.78, 5) is 16.0. The number of fused-ring (bicyclic) bond motifs is 1. The van der Waals surface area contributed by atoms with Gasteiger partial charge in [-0.3, -0.25) is 9.19 Å². The topological polar surface area (TPSA) is 80.8 Å². The van der Waals surface area contributed by atoms with Gasteiger partial charge in [-0.1, -0.05) is 0 Å². The van der Waals surface area contributed by atoms with Crippen molar-refractivity contribution in [2.24, 2.45) is 0 Å². The first kappa shape index (κ1) is 15.6. The van der Waals surface area contributed by atoms with Crippen molar-refractivity contribution in [1.29, 1.82) is 0 Å². The summed E-state index contributed by atoms with van der Waals surface area (Å²) >= 11 is 0. The van der Waals surface area contributed by atoms with E-state index in [-0.39, 0.29) is 0 Å². The first-order valence-corrected chi connectivity index (χ1v) is 8.52. The molecule has 3 heterocycles. The first-order chi connectivity index (χ1) is 11.0. The van der Waals surface area contributed by atoms with Gasteiger partial charge < -0.3 is 9.72 Å². The van der Waals surface area contributed by atoms with Gasteiger partial charge in [-0.25, -0.2) is 4.98 Å². The molecule has 0 aliphatic rings. The van der Waals surface area contributed by atoms with Gasteiger partial charge in [0.25, 0.3) is 0 Å². The number of hydrogen-bond donors (Lipinski definition) is 1. The lowest BCUT2D eigenvalue weighted by Gasteiger charge is -2.09. The number of imidazole rings is 1. The van der Waals surface area contributed by atoms with E-state index in [0.29, 0.717) is 22.4 Å². The highest BCUT2D eigenvalue weighted by molar-refractivity contribution is 7.84. The summed E-state index contributed by atoms with van der Waals surface area (Å²) < 4.78 is 17.7. The minimum absolute atomic E-state index is 0.323. The Kier molecular flexibility index (Phi) is 4.12. The van der Waals surface area contributed by atoms with Gasteiger partial charge in [0.15, 0.2) is 10.8 Å². The molecule has 0 spiro atoms. The molecule has 3 aromatic heterocycles. The molecule has 6 nitrogen and oxygen atoms in total. The maximum absolute atomic E-state index is 12.6. The van der Waals surface area contributed by atoms with Crippen LogP contribution in [0.4, 0.5) is 0 Å². The fourth-order valence-corrected chi connectivity index (χ4v) is 3.38. The van der Waals surface area contributed by atoms with Crippen LogP contribution in [0.2, 0.25) is 0 Å². The van der Waals surface area contributed by atoms with E-state index in [0.717, 1.165) is 22.3 Å². The first-order valence-electron chi connectivity index (χ1n) is 7.20. The summed E-state index contributed by atoms with van der Waals surface area (Å²) in [6.45, 7) is 6.08. The summed E-state index contributed by atoms with van der Waals surface area (Å²) in [6.07, 6.45) is 1.82. The fraction of sp³-hybridized carbons (Fsp3) is 0.312. The third kappa shape index (κ3) is 2.96. The van der Waals surface area contributed by atoms with E-state index in [1.807, 2.05) is 26.1 Å². The Labute approximate surface area is 136 Å². The minimum Gasteiger partial charge on any atom is -0.481 e. The van der Waals surface area contributed by atoms with E-state index < -0.39 is 10.8 Å². The highest BCUT2D eigenvalue weighted by atomic mass is 32.2. The molecule has 120 valence electrons. The third-order valence-corrected chi connectivity index (χ3v) is 5.15. The molecule has 0 saturated heterocycles. The zero-order valence-corrected chi connectivity index (χ0v) is 14.3. The van der Waals surface area contributed by atoms with E-state index in [2.05, 4.69) is 26.9 Å². The molecule has 1 atom stereocenters. The van der Waals surface area contributed by atoms with E-state index >= 15 is 0 Å². The standard InChI is InChI=1S/C16H18N4O2S/c1-9-7-17-13(11(3)10(9)2)8-23(21)16-18-12-5-6-14(22-4)19-15(12)20-16/h5-7H,8H2,1-4H3,(H,18,19,20). The summed E-state index contributed by atoms with van der Waals surface area (Å²) in [5.74, 6) is 0.803. The number of H-pyrrole nitrogens is 1. The molecule has 3 rings (SSSR count). The lowest BCUT2D eigenvalue weighted by molar-refractivity contribution is 0.399. The van der Waals surface area contributed by atoms with Crippen molar-refractivity contribution in [1.82, 2.24) is 19.9 Å². The smallest absolute Gasteiger partial charge is 0.215 e. The predicted molar refractivity (Wildman–Crippen MR) is 89.0 cm³/mol. The second-order valence-corrected chi connectivity index (χ2v) is 6.76. The average Bonchev–Trinajstić information content (AvgIpc) is 2.98. The zero-order chi connectivity index (χ0) is 16.6. The van der Waals surface area contributed by atoms with E-state index in [1.165, 1.54) is 5.56 Å². The predicted octanol–water partition coefficient (Wildman–Crippen LogP) is 2.59. The van der Waals surface area contributed by atoms with Crippen LogP contribution in [-0.4, -0.2) is 31.3 Å². The van der Waals surface area contributed by atoms with Crippen molar-refractivity contribution in [2.45, 2.75) is 31.7 Å². The van der Waals surface area contributed by atoms with Crippen molar-refractivity contribution in [2.75, 3.05) is 7.11 Å². The molecular weight excluding hydrogens is 312 g/mol. The van der Waals surface area contributed by atoms with Crippen LogP contribution in [0.3, 0.4) is 0 Å². The SMILES string of the molecule is COc1ccc2[nH]c(S(=O)Cc3ncc(C)c(C)c3C)nc2n1. The molecular formula is C16H18N4O2S. The Morgan fingerprint density at radius 3 is 2.70 bits per heavy atom. The Hall–Kier alpha value is -2.28. The molecule has 7 heteroatoms. The fourth-order valence-electron chi connectivity index (χ4n) is 2.29. The van der Waals surface area contributed by atoms with Crippen LogP contribution in [0, 0.1) is 20.8 Å². The largest absolute Gasteiger partial charge is 0.481 e. The van der Waals surface area contributed by atoms with Crippen LogP contribution in [-0.2, 0) is 16.6 Å². The number of methoxy groups -OCH3 is 1. The van der Waals surface area contributed by atoms with E-state index in [4.69, 9.17) is 4.74 Å². The minimum atomic E-state index is -1.31. The number of nitrogens with zero attached hydrogens (tertiary/aromatic N) is 3. The van der Waals surface area contributed by atoms with Gasteiger partial charge in [0.05, 0.1) is 34.9 Å². The van der Waals surface area contributed by atoms with Gasteiger partial charge in [0, 0.05) is 12.3 Å². The highest BCUT2D eigenvalue weighted by Gasteiger charge is 2.15. The Bertz CT molecular complexity index is 904. The van der Waals surface area contributed by atoms with Crippen molar-refractivity contribution in [3.05, 3.63) is 40.7 Å². The van der Waals surface area contributed by atoms with Gasteiger partial charge >= 0.3 is 0 Å². The molecule has 0 bridgehead atoms. The second-order valence-electron chi connectivity index (χ2n) is 5.39. The van der Waals surface area contributed by atoms with Crippen LogP contribution in [0.25, 0.3) is 11.2 Å². The molecule has 0 radical (unpaired) electrons. The number of aromatic amines is 1. The Balaban J connectivity index is 1.90. The van der Waals surface area contributed by atoms with Crippen molar-refractivity contribution in [3.63, 3.8) is 0 Å². The maximum atomic E-state index is 12.6. The summed E-state index contributed by atoms with van der Waals surface area (Å²) in [5.41, 5.74) is 5.46. The summed E-state index contributed by atoms with van der Waals surface area (Å²) in [7, 11) is 0.239. The van der Waals surface area contributed by atoms with Gasteiger partial charge in [-0.2, -0.15) is 4.98 Å². The van der Waals surface area contributed by atoms with Crippen LogP contribution in [0.15, 0.2) is 23.5 Å². The van der Waals surface area contributed by atoms with Crippen molar-refractivity contribution >= 4 is 22.0 Å². The quantitative estimate of drug-likeness (QED) is 0.795.